The van der Waals surface area contributed by atoms with E-state index in [2.05, 4.69) is 23.5 Å². The van der Waals surface area contributed by atoms with Gasteiger partial charge in [0.2, 0.25) is 10.0 Å². The first-order valence-corrected chi connectivity index (χ1v) is 12.2. The summed E-state index contributed by atoms with van der Waals surface area (Å²) in [4.78, 5) is 13.0. The molecule has 0 unspecified atom stereocenters. The lowest BCUT2D eigenvalue weighted by Gasteiger charge is -2.35. The third kappa shape index (κ3) is 4.03. The second-order valence-electron chi connectivity index (χ2n) is 7.97. The molecule has 6 nitrogen and oxygen atoms in total. The first-order chi connectivity index (χ1) is 14.4. The van der Waals surface area contributed by atoms with E-state index in [4.69, 9.17) is 4.74 Å². The van der Waals surface area contributed by atoms with Crippen LogP contribution >= 0.6 is 0 Å². The molecule has 7 heteroatoms. The predicted octanol–water partition coefficient (Wildman–Crippen LogP) is 3.36. The number of carbonyl (C=O) groups excluding carboxylic acids is 1. The number of rotatable bonds is 5. The van der Waals surface area contributed by atoms with Crippen LogP contribution in [0.5, 0.6) is 5.75 Å². The fraction of sp³-hybridized carbons (Fsp3) is 0.435. The Hall–Kier alpha value is -2.54. The van der Waals surface area contributed by atoms with Gasteiger partial charge in [-0.05, 0) is 68.4 Å². The Bertz CT molecular complexity index is 1050. The van der Waals surface area contributed by atoms with E-state index in [1.54, 1.807) is 31.2 Å². The van der Waals surface area contributed by atoms with Crippen LogP contribution in [0.1, 0.15) is 49.4 Å². The Balaban J connectivity index is 1.52. The smallest absolute Gasteiger partial charge is 0.263 e. The monoisotopic (exact) mass is 428 g/mol. The number of nitrogens with one attached hydrogen (secondary N) is 1. The molecule has 0 saturated carbocycles. The van der Waals surface area contributed by atoms with Gasteiger partial charge in [0.1, 0.15) is 5.75 Å². The number of hydrogen-bond donors (Lipinski definition) is 1. The molecule has 2 atom stereocenters. The van der Waals surface area contributed by atoms with Crippen LogP contribution in [0.25, 0.3) is 0 Å². The summed E-state index contributed by atoms with van der Waals surface area (Å²) in [6, 6.07) is 13.2. The van der Waals surface area contributed by atoms with Gasteiger partial charge in [0.15, 0.2) is 6.10 Å². The number of fused-ring (bicyclic) bond motifs is 2. The minimum absolute atomic E-state index is 0.0318. The van der Waals surface area contributed by atoms with E-state index in [9.17, 15) is 13.2 Å². The minimum atomic E-state index is -3.52. The zero-order chi connectivity index (χ0) is 21.3. The zero-order valence-corrected chi connectivity index (χ0v) is 18.2. The van der Waals surface area contributed by atoms with Crippen LogP contribution in [-0.2, 0) is 27.7 Å². The quantitative estimate of drug-likeness (QED) is 0.792. The van der Waals surface area contributed by atoms with Gasteiger partial charge in [-0.15, -0.1) is 0 Å². The number of benzene rings is 2. The Morgan fingerprint density at radius 2 is 1.90 bits per heavy atom. The van der Waals surface area contributed by atoms with Gasteiger partial charge in [-0.2, -0.15) is 0 Å². The third-order valence-corrected chi connectivity index (χ3v) is 7.71. The Morgan fingerprint density at radius 1 is 1.17 bits per heavy atom. The molecule has 1 heterocycles. The Labute approximate surface area is 178 Å². The molecule has 4 rings (SSSR count). The summed E-state index contributed by atoms with van der Waals surface area (Å²) in [6.07, 6.45) is 3.73. The average molecular weight is 429 g/mol. The highest BCUT2D eigenvalue weighted by atomic mass is 32.2. The van der Waals surface area contributed by atoms with Crippen LogP contribution < -0.4 is 14.4 Å². The SMILES string of the molecule is CCS(=O)(=O)N1C[C@@H](C(=O)N[C@H](C)c2ccc3c(c2)CCCC3)Oc2ccccc21. The summed E-state index contributed by atoms with van der Waals surface area (Å²) in [5, 5.41) is 3.01. The average Bonchev–Trinajstić information content (AvgIpc) is 2.77. The van der Waals surface area contributed by atoms with E-state index in [0.717, 1.165) is 18.4 Å². The van der Waals surface area contributed by atoms with Gasteiger partial charge in [0, 0.05) is 0 Å². The van der Waals surface area contributed by atoms with Gasteiger partial charge in [-0.3, -0.25) is 9.10 Å². The highest BCUT2D eigenvalue weighted by Gasteiger charge is 2.36. The topological polar surface area (TPSA) is 75.7 Å². The first-order valence-electron chi connectivity index (χ1n) is 10.6. The molecule has 2 aliphatic rings. The van der Waals surface area contributed by atoms with Crippen LogP contribution in [0.15, 0.2) is 42.5 Å². The van der Waals surface area contributed by atoms with Crippen LogP contribution in [-0.4, -0.2) is 32.7 Å². The van der Waals surface area contributed by atoms with Crippen molar-refractivity contribution in [2.24, 2.45) is 0 Å². The number of hydrogen-bond acceptors (Lipinski definition) is 4. The lowest BCUT2D eigenvalue weighted by atomic mass is 9.89. The fourth-order valence-corrected chi connectivity index (χ4v) is 5.30. The molecular weight excluding hydrogens is 400 g/mol. The lowest BCUT2D eigenvalue weighted by molar-refractivity contribution is -0.128. The standard InChI is InChI=1S/C23H28N2O4S/c1-3-30(27,28)25-15-22(29-21-11-7-6-10-20(21)25)23(26)24-16(2)18-13-12-17-8-4-5-9-19(17)14-18/h6-7,10-14,16,22H,3-5,8-9,15H2,1-2H3,(H,24,26)/t16-,22+/m1/s1. The van der Waals surface area contributed by atoms with Crippen LogP contribution in [0.3, 0.4) is 0 Å². The van der Waals surface area contributed by atoms with Gasteiger partial charge in [0.05, 0.1) is 24.0 Å². The van der Waals surface area contributed by atoms with Crippen LogP contribution in [0.4, 0.5) is 5.69 Å². The molecular formula is C23H28N2O4S. The number of sulfonamides is 1. The number of para-hydroxylation sites is 2. The summed E-state index contributed by atoms with van der Waals surface area (Å²) in [7, 11) is -3.52. The summed E-state index contributed by atoms with van der Waals surface area (Å²) in [6.45, 7) is 3.51. The molecule has 0 bridgehead atoms. The maximum absolute atomic E-state index is 13.0. The summed E-state index contributed by atoms with van der Waals surface area (Å²) in [5.41, 5.74) is 4.29. The normalized spacial score (nSPS) is 19.3. The van der Waals surface area contributed by atoms with Gasteiger partial charge in [-0.25, -0.2) is 8.42 Å². The number of nitrogens with zero attached hydrogens (tertiary/aromatic N) is 1. The Kier molecular flexibility index (Phi) is 5.73. The van der Waals surface area contributed by atoms with Crippen molar-refractivity contribution in [3.63, 3.8) is 0 Å². The maximum Gasteiger partial charge on any atom is 0.263 e. The molecule has 1 aliphatic heterocycles. The van der Waals surface area contributed by atoms with Crippen molar-refractivity contribution in [3.05, 3.63) is 59.2 Å². The predicted molar refractivity (Wildman–Crippen MR) is 117 cm³/mol. The Morgan fingerprint density at radius 3 is 2.67 bits per heavy atom. The molecule has 0 spiro atoms. The molecule has 1 amide bonds. The number of amides is 1. The molecule has 0 fully saturated rings. The maximum atomic E-state index is 13.0. The van der Waals surface area contributed by atoms with Gasteiger partial charge in [0.25, 0.3) is 5.91 Å². The summed E-state index contributed by atoms with van der Waals surface area (Å²) < 4.78 is 32.4. The van der Waals surface area contributed by atoms with Crippen molar-refractivity contribution in [1.82, 2.24) is 5.32 Å². The molecule has 2 aromatic carbocycles. The molecule has 30 heavy (non-hydrogen) atoms. The third-order valence-electron chi connectivity index (χ3n) is 5.96. The van der Waals surface area contributed by atoms with Crippen molar-refractivity contribution in [1.29, 1.82) is 0 Å². The van der Waals surface area contributed by atoms with Crippen molar-refractivity contribution in [2.45, 2.75) is 51.7 Å². The molecule has 2 aromatic rings. The van der Waals surface area contributed by atoms with E-state index in [-0.39, 0.29) is 24.2 Å². The van der Waals surface area contributed by atoms with E-state index in [0.29, 0.717) is 11.4 Å². The molecule has 160 valence electrons. The van der Waals surface area contributed by atoms with Crippen LogP contribution in [0, 0.1) is 0 Å². The van der Waals surface area contributed by atoms with E-state index >= 15 is 0 Å². The highest BCUT2D eigenvalue weighted by Crippen LogP contribution is 2.35. The van der Waals surface area contributed by atoms with E-state index in [1.807, 2.05) is 6.92 Å². The highest BCUT2D eigenvalue weighted by molar-refractivity contribution is 7.92. The molecule has 0 radical (unpaired) electrons. The van der Waals surface area contributed by atoms with E-state index < -0.39 is 16.1 Å². The number of aryl methyl sites for hydroxylation is 2. The van der Waals surface area contributed by atoms with Crippen molar-refractivity contribution < 1.29 is 17.9 Å². The van der Waals surface area contributed by atoms with Crippen molar-refractivity contribution in [3.8, 4) is 5.75 Å². The molecule has 1 aliphatic carbocycles. The lowest BCUT2D eigenvalue weighted by Crippen LogP contribution is -2.51. The van der Waals surface area contributed by atoms with Crippen molar-refractivity contribution >= 4 is 21.6 Å². The molecule has 0 aromatic heterocycles. The largest absolute Gasteiger partial charge is 0.476 e. The van der Waals surface area contributed by atoms with E-state index in [1.165, 1.54) is 28.3 Å². The number of carbonyl (C=O) groups is 1. The molecule has 0 saturated heterocycles. The number of ether oxygens (including phenoxy) is 1. The minimum Gasteiger partial charge on any atom is -0.476 e. The zero-order valence-electron chi connectivity index (χ0n) is 17.4. The first kappa shape index (κ1) is 20.7. The number of anilines is 1. The second-order valence-corrected chi connectivity index (χ2v) is 10.2. The molecule has 1 N–H and O–H groups in total. The van der Waals surface area contributed by atoms with Crippen molar-refractivity contribution in [2.75, 3.05) is 16.6 Å². The van der Waals surface area contributed by atoms with Gasteiger partial charge < -0.3 is 10.1 Å². The summed E-state index contributed by atoms with van der Waals surface area (Å²) in [5.74, 6) is 0.0506. The van der Waals surface area contributed by atoms with Gasteiger partial charge in [-0.1, -0.05) is 30.3 Å². The van der Waals surface area contributed by atoms with Crippen LogP contribution in [0.2, 0.25) is 0 Å². The van der Waals surface area contributed by atoms with Gasteiger partial charge >= 0.3 is 0 Å². The summed E-state index contributed by atoms with van der Waals surface area (Å²) >= 11 is 0. The second kappa shape index (κ2) is 8.30. The fourth-order valence-electron chi connectivity index (χ4n) is 4.17.